The molecule has 0 bridgehead atoms. The lowest BCUT2D eigenvalue weighted by atomic mass is 10.2. The van der Waals surface area contributed by atoms with E-state index >= 15 is 0 Å². The second kappa shape index (κ2) is 19.5. The molecular formula is C10H22O6. The van der Waals surface area contributed by atoms with Crippen molar-refractivity contribution in [1.82, 2.24) is 0 Å². The third kappa shape index (κ3) is 52.5. The van der Waals surface area contributed by atoms with Crippen LogP contribution in [-0.2, 0) is 0 Å². The Morgan fingerprint density at radius 2 is 1.69 bits per heavy atom. The van der Waals surface area contributed by atoms with Crippen LogP contribution < -0.4 is 0 Å². The number of unbranched alkanes of at least 4 members (excludes halogenated alkanes) is 1. The van der Waals surface area contributed by atoms with Gasteiger partial charge in [0.15, 0.2) is 0 Å². The molecule has 0 spiro atoms. The molecule has 5 N–H and O–H groups in total. The summed E-state index contributed by atoms with van der Waals surface area (Å²) in [5.41, 5.74) is 0. The van der Waals surface area contributed by atoms with Gasteiger partial charge in [-0.05, 0) is 26.2 Å². The minimum Gasteiger partial charge on any atom is -0.450 e. The topological polar surface area (TPSA) is 118 Å². The zero-order chi connectivity index (χ0) is 13.4. The Morgan fingerprint density at radius 1 is 1.31 bits per heavy atom. The summed E-state index contributed by atoms with van der Waals surface area (Å²) in [6, 6.07) is 0. The van der Waals surface area contributed by atoms with Crippen LogP contribution in [0.1, 0.15) is 26.2 Å². The smallest absolute Gasteiger partial charge is 0.450 e. The summed E-state index contributed by atoms with van der Waals surface area (Å²) in [6.07, 6.45) is 1.38. The molecule has 0 fully saturated rings. The molecule has 0 aromatic rings. The van der Waals surface area contributed by atoms with Crippen LogP contribution in [0.3, 0.4) is 0 Å². The Labute approximate surface area is 95.5 Å². The monoisotopic (exact) mass is 238 g/mol. The lowest BCUT2D eigenvalue weighted by Crippen LogP contribution is -2.11. The molecule has 0 aromatic carbocycles. The SMILES string of the molecule is C=CC.O=C(O)O.OCCCCC(O)CO. The van der Waals surface area contributed by atoms with E-state index < -0.39 is 12.3 Å². The average molecular weight is 238 g/mol. The number of allylic oxidation sites excluding steroid dienone is 1. The number of carboxylic acid groups (broad SMARTS) is 2. The molecule has 98 valence electrons. The summed E-state index contributed by atoms with van der Waals surface area (Å²) in [5, 5.41) is 39.3. The van der Waals surface area contributed by atoms with E-state index in [1.54, 1.807) is 6.08 Å². The molecular weight excluding hydrogens is 216 g/mol. The van der Waals surface area contributed by atoms with Crippen molar-refractivity contribution in [3.05, 3.63) is 12.7 Å². The van der Waals surface area contributed by atoms with Gasteiger partial charge in [-0.15, -0.1) is 6.58 Å². The highest BCUT2D eigenvalue weighted by Gasteiger charge is 1.99. The van der Waals surface area contributed by atoms with Crippen molar-refractivity contribution in [2.24, 2.45) is 0 Å². The Morgan fingerprint density at radius 3 is 1.94 bits per heavy atom. The van der Waals surface area contributed by atoms with Gasteiger partial charge in [0.25, 0.3) is 0 Å². The van der Waals surface area contributed by atoms with Crippen LogP contribution >= 0.6 is 0 Å². The Balaban J connectivity index is -0.000000201. The molecule has 6 heteroatoms. The molecule has 0 radical (unpaired) electrons. The van der Waals surface area contributed by atoms with Crippen LogP contribution in [0.15, 0.2) is 12.7 Å². The van der Waals surface area contributed by atoms with E-state index in [-0.39, 0.29) is 13.2 Å². The van der Waals surface area contributed by atoms with Gasteiger partial charge in [-0.25, -0.2) is 4.79 Å². The average Bonchev–Trinajstić information content (AvgIpc) is 2.18. The van der Waals surface area contributed by atoms with E-state index in [0.29, 0.717) is 12.8 Å². The van der Waals surface area contributed by atoms with Gasteiger partial charge in [0.2, 0.25) is 0 Å². The Hall–Kier alpha value is -1.11. The molecule has 1 unspecified atom stereocenters. The normalized spacial score (nSPS) is 10.0. The minimum absolute atomic E-state index is 0.165. The van der Waals surface area contributed by atoms with Crippen molar-refractivity contribution >= 4 is 6.16 Å². The highest BCUT2D eigenvalue weighted by Crippen LogP contribution is 1.98. The molecule has 1 atom stereocenters. The number of aliphatic hydroxyl groups is 3. The molecule has 6 nitrogen and oxygen atoms in total. The van der Waals surface area contributed by atoms with E-state index in [9.17, 15) is 0 Å². The first kappa shape index (κ1) is 20.3. The van der Waals surface area contributed by atoms with E-state index in [0.717, 1.165) is 6.42 Å². The lowest BCUT2D eigenvalue weighted by molar-refractivity contribution is 0.0848. The standard InChI is InChI=1S/C6H14O3.C3H6.CH2O3/c7-4-2-1-3-6(9)5-8;1-3-2;2-1(3)4/h6-9H,1-5H2;3H,1H2,2H3;(H2,2,3,4). The van der Waals surface area contributed by atoms with Gasteiger partial charge in [-0.1, -0.05) is 6.08 Å². The zero-order valence-electron chi connectivity index (χ0n) is 9.54. The fourth-order valence-corrected chi connectivity index (χ4v) is 0.583. The number of hydrogen-bond donors (Lipinski definition) is 5. The van der Waals surface area contributed by atoms with Crippen LogP contribution in [0.25, 0.3) is 0 Å². The highest BCUT2D eigenvalue weighted by atomic mass is 16.6. The van der Waals surface area contributed by atoms with Crippen LogP contribution in [0.4, 0.5) is 4.79 Å². The molecule has 0 aliphatic rings. The lowest BCUT2D eigenvalue weighted by Gasteiger charge is -2.03. The number of rotatable bonds is 5. The van der Waals surface area contributed by atoms with Crippen LogP contribution in [-0.4, -0.2) is 51.0 Å². The molecule has 16 heavy (non-hydrogen) atoms. The van der Waals surface area contributed by atoms with Crippen molar-refractivity contribution < 1.29 is 30.3 Å². The molecule has 0 aliphatic carbocycles. The molecule has 0 aromatic heterocycles. The highest BCUT2D eigenvalue weighted by molar-refractivity contribution is 5.53. The summed E-state index contributed by atoms with van der Waals surface area (Å²) in [7, 11) is 0. The fraction of sp³-hybridized carbons (Fsp3) is 0.700. The van der Waals surface area contributed by atoms with E-state index in [1.165, 1.54) is 0 Å². The van der Waals surface area contributed by atoms with Gasteiger partial charge in [0.05, 0.1) is 12.7 Å². The van der Waals surface area contributed by atoms with Crippen molar-refractivity contribution in [1.29, 1.82) is 0 Å². The molecule has 0 saturated carbocycles. The van der Waals surface area contributed by atoms with Gasteiger partial charge < -0.3 is 25.5 Å². The maximum absolute atomic E-state index is 8.75. The molecule has 0 rings (SSSR count). The molecule has 0 saturated heterocycles. The van der Waals surface area contributed by atoms with Gasteiger partial charge in [0.1, 0.15) is 0 Å². The maximum Gasteiger partial charge on any atom is 0.503 e. The van der Waals surface area contributed by atoms with Crippen LogP contribution in [0.5, 0.6) is 0 Å². The first-order chi connectivity index (χ1) is 7.45. The van der Waals surface area contributed by atoms with Crippen LogP contribution in [0, 0.1) is 0 Å². The van der Waals surface area contributed by atoms with Crippen molar-refractivity contribution in [3.8, 4) is 0 Å². The second-order valence-electron chi connectivity index (χ2n) is 2.75. The predicted octanol–water partition coefficient (Wildman–Crippen LogP) is 0.917. The van der Waals surface area contributed by atoms with Gasteiger partial charge in [0, 0.05) is 6.61 Å². The predicted molar refractivity (Wildman–Crippen MR) is 60.6 cm³/mol. The van der Waals surface area contributed by atoms with Crippen molar-refractivity contribution in [2.75, 3.05) is 13.2 Å². The van der Waals surface area contributed by atoms with Crippen molar-refractivity contribution in [3.63, 3.8) is 0 Å². The third-order valence-corrected chi connectivity index (χ3v) is 1.16. The summed E-state index contributed by atoms with van der Waals surface area (Å²) >= 11 is 0. The number of carbonyl (C=O) groups is 1. The minimum atomic E-state index is -1.83. The van der Waals surface area contributed by atoms with E-state index in [2.05, 4.69) is 6.58 Å². The van der Waals surface area contributed by atoms with Gasteiger partial charge >= 0.3 is 6.16 Å². The zero-order valence-corrected chi connectivity index (χ0v) is 9.54. The summed E-state index contributed by atoms with van der Waals surface area (Å²) in [4.78, 5) is 8.56. The van der Waals surface area contributed by atoms with Gasteiger partial charge in [-0.3, -0.25) is 0 Å². The van der Waals surface area contributed by atoms with Crippen molar-refractivity contribution in [2.45, 2.75) is 32.3 Å². The Kier molecular flexibility index (Phi) is 24.7. The second-order valence-corrected chi connectivity index (χ2v) is 2.75. The number of hydrogen-bond acceptors (Lipinski definition) is 4. The fourth-order valence-electron chi connectivity index (χ4n) is 0.583. The molecule has 0 heterocycles. The summed E-state index contributed by atoms with van der Waals surface area (Å²) in [5.74, 6) is 0. The maximum atomic E-state index is 8.75. The summed E-state index contributed by atoms with van der Waals surface area (Å²) < 4.78 is 0. The molecule has 0 amide bonds. The largest absolute Gasteiger partial charge is 0.503 e. The first-order valence-corrected chi connectivity index (χ1v) is 4.84. The van der Waals surface area contributed by atoms with Crippen LogP contribution in [0.2, 0.25) is 0 Å². The number of aliphatic hydroxyl groups excluding tert-OH is 3. The van der Waals surface area contributed by atoms with E-state index in [4.69, 9.17) is 30.3 Å². The Bertz CT molecular complexity index is 144. The molecule has 0 aliphatic heterocycles. The summed E-state index contributed by atoms with van der Waals surface area (Å²) in [6.45, 7) is 5.24. The van der Waals surface area contributed by atoms with Gasteiger partial charge in [-0.2, -0.15) is 0 Å². The van der Waals surface area contributed by atoms with E-state index in [1.807, 2.05) is 6.92 Å². The quantitative estimate of drug-likeness (QED) is 0.359. The first-order valence-electron chi connectivity index (χ1n) is 4.84. The third-order valence-electron chi connectivity index (χ3n) is 1.16.